The number of hydrogen-bond acceptors (Lipinski definition) is 5. The molecule has 4 N–H and O–H groups in total. The molecule has 0 aromatic carbocycles. The van der Waals surface area contributed by atoms with Crippen LogP contribution in [0.5, 0.6) is 0 Å². The Morgan fingerprint density at radius 3 is 2.63 bits per heavy atom. The molecular weight excluding hydrogens is 264 g/mol. The van der Waals surface area contributed by atoms with Gasteiger partial charge in [0, 0.05) is 12.0 Å². The van der Waals surface area contributed by atoms with Crippen molar-refractivity contribution >= 4 is 23.1 Å². The number of halogens is 1. The molecule has 0 amide bonds. The zero-order valence-corrected chi connectivity index (χ0v) is 12.0. The molecule has 1 heterocycles. The summed E-state index contributed by atoms with van der Waals surface area (Å²) in [5, 5.41) is 13.1. The lowest BCUT2D eigenvalue weighted by Crippen LogP contribution is -2.36. The first kappa shape index (κ1) is 14.3. The normalized spacial score (nSPS) is 18.3. The van der Waals surface area contributed by atoms with Crippen LogP contribution in [0.4, 0.5) is 11.5 Å². The monoisotopic (exact) mass is 284 g/mol. The van der Waals surface area contributed by atoms with E-state index in [1.54, 1.807) is 6.92 Å². The highest BCUT2D eigenvalue weighted by Crippen LogP contribution is 2.36. The molecule has 0 saturated heterocycles. The number of rotatable bonds is 4. The second-order valence-electron chi connectivity index (χ2n) is 5.41. The van der Waals surface area contributed by atoms with Crippen LogP contribution in [0.2, 0.25) is 5.28 Å². The van der Waals surface area contributed by atoms with Gasteiger partial charge in [0.1, 0.15) is 0 Å². The van der Waals surface area contributed by atoms with Crippen LogP contribution in [-0.4, -0.2) is 28.2 Å². The van der Waals surface area contributed by atoms with Crippen LogP contribution in [0.25, 0.3) is 0 Å². The second kappa shape index (κ2) is 5.92. The third kappa shape index (κ3) is 3.28. The van der Waals surface area contributed by atoms with Crippen molar-refractivity contribution in [3.8, 4) is 0 Å². The van der Waals surface area contributed by atoms with Crippen LogP contribution in [0.1, 0.15) is 37.8 Å². The molecule has 2 rings (SSSR count). The number of anilines is 2. The number of aryl methyl sites for hydroxylation is 1. The lowest BCUT2D eigenvalue weighted by atomic mass is 9.74. The first-order valence-electron chi connectivity index (χ1n) is 6.71. The molecule has 6 heteroatoms. The van der Waals surface area contributed by atoms with E-state index >= 15 is 0 Å². The molecule has 1 aromatic heterocycles. The highest BCUT2D eigenvalue weighted by atomic mass is 35.5. The molecule has 5 nitrogen and oxygen atoms in total. The van der Waals surface area contributed by atoms with Gasteiger partial charge < -0.3 is 16.2 Å². The molecule has 1 saturated carbocycles. The first-order chi connectivity index (χ1) is 9.06. The fourth-order valence-electron chi connectivity index (χ4n) is 2.65. The Hall–Kier alpha value is -1.07. The average Bonchev–Trinajstić information content (AvgIpc) is 2.42. The van der Waals surface area contributed by atoms with Crippen LogP contribution in [0.15, 0.2) is 0 Å². The molecule has 106 valence electrons. The number of nitrogen functional groups attached to an aromatic ring is 1. The van der Waals surface area contributed by atoms with E-state index < -0.39 is 0 Å². The van der Waals surface area contributed by atoms with Crippen molar-refractivity contribution in [2.45, 2.75) is 39.0 Å². The van der Waals surface area contributed by atoms with Gasteiger partial charge in [-0.25, -0.2) is 4.98 Å². The summed E-state index contributed by atoms with van der Waals surface area (Å²) in [6.07, 6.45) is 5.66. The topological polar surface area (TPSA) is 84.1 Å². The lowest BCUT2D eigenvalue weighted by Gasteiger charge is -2.36. The smallest absolute Gasteiger partial charge is 0.224 e. The molecule has 1 aromatic rings. The van der Waals surface area contributed by atoms with Crippen molar-refractivity contribution in [2.24, 2.45) is 5.41 Å². The number of aromatic nitrogens is 2. The Labute approximate surface area is 118 Å². The zero-order valence-electron chi connectivity index (χ0n) is 11.2. The van der Waals surface area contributed by atoms with E-state index in [1.807, 2.05) is 0 Å². The molecular formula is C13H21ClN4O. The average molecular weight is 285 g/mol. The highest BCUT2D eigenvalue weighted by molar-refractivity contribution is 6.28. The lowest BCUT2D eigenvalue weighted by molar-refractivity contribution is 0.0943. The third-order valence-corrected chi connectivity index (χ3v) is 4.16. The van der Waals surface area contributed by atoms with Gasteiger partial charge in [-0.15, -0.1) is 0 Å². The summed E-state index contributed by atoms with van der Waals surface area (Å²) < 4.78 is 0. The van der Waals surface area contributed by atoms with Crippen molar-refractivity contribution in [1.82, 2.24) is 9.97 Å². The molecule has 0 aliphatic heterocycles. The van der Waals surface area contributed by atoms with E-state index in [0.29, 0.717) is 23.7 Å². The van der Waals surface area contributed by atoms with Crippen LogP contribution in [0, 0.1) is 12.3 Å². The predicted octanol–water partition coefficient (Wildman–Crippen LogP) is 2.38. The van der Waals surface area contributed by atoms with Crippen LogP contribution < -0.4 is 11.1 Å². The van der Waals surface area contributed by atoms with Crippen LogP contribution in [0.3, 0.4) is 0 Å². The summed E-state index contributed by atoms with van der Waals surface area (Å²) in [4.78, 5) is 8.13. The van der Waals surface area contributed by atoms with Gasteiger partial charge in [-0.1, -0.05) is 19.3 Å². The zero-order chi connectivity index (χ0) is 13.9. The predicted molar refractivity (Wildman–Crippen MR) is 77.3 cm³/mol. The molecule has 1 fully saturated rings. The fourth-order valence-corrected chi connectivity index (χ4v) is 2.86. The number of aliphatic hydroxyl groups excluding tert-OH is 1. The van der Waals surface area contributed by atoms with Gasteiger partial charge in [0.15, 0.2) is 5.82 Å². The summed E-state index contributed by atoms with van der Waals surface area (Å²) >= 11 is 5.85. The molecule has 0 unspecified atom stereocenters. The van der Waals surface area contributed by atoms with E-state index in [2.05, 4.69) is 15.3 Å². The number of hydrogen-bond donors (Lipinski definition) is 3. The molecule has 0 spiro atoms. The number of nitrogens with two attached hydrogens (primary N) is 1. The summed E-state index contributed by atoms with van der Waals surface area (Å²) in [6.45, 7) is 2.66. The van der Waals surface area contributed by atoms with Crippen molar-refractivity contribution in [3.05, 3.63) is 11.0 Å². The Morgan fingerprint density at radius 1 is 1.32 bits per heavy atom. The van der Waals surface area contributed by atoms with Crippen LogP contribution >= 0.6 is 11.6 Å². The second-order valence-corrected chi connectivity index (χ2v) is 5.75. The van der Waals surface area contributed by atoms with E-state index in [0.717, 1.165) is 12.8 Å². The Balaban J connectivity index is 2.09. The molecule has 0 bridgehead atoms. The number of aliphatic hydroxyl groups is 1. The van der Waals surface area contributed by atoms with Gasteiger partial charge in [-0.3, -0.25) is 0 Å². The van der Waals surface area contributed by atoms with Gasteiger partial charge in [-0.05, 0) is 31.4 Å². The SMILES string of the molecule is Cc1nc(Cl)nc(NCC2(CO)CCCCC2)c1N. The van der Waals surface area contributed by atoms with Gasteiger partial charge in [-0.2, -0.15) is 4.98 Å². The van der Waals surface area contributed by atoms with E-state index in [1.165, 1.54) is 19.3 Å². The Morgan fingerprint density at radius 2 is 2.00 bits per heavy atom. The molecule has 1 aliphatic carbocycles. The largest absolute Gasteiger partial charge is 0.396 e. The van der Waals surface area contributed by atoms with Crippen molar-refractivity contribution in [3.63, 3.8) is 0 Å². The maximum atomic E-state index is 9.67. The Bertz CT molecular complexity index is 447. The van der Waals surface area contributed by atoms with Gasteiger partial charge in [0.25, 0.3) is 0 Å². The number of nitrogens with one attached hydrogen (secondary N) is 1. The molecule has 0 radical (unpaired) electrons. The summed E-state index contributed by atoms with van der Waals surface area (Å²) in [5.74, 6) is 0.566. The minimum absolute atomic E-state index is 0.0595. The van der Waals surface area contributed by atoms with Gasteiger partial charge in [0.2, 0.25) is 5.28 Å². The Kier molecular flexibility index (Phi) is 4.47. The van der Waals surface area contributed by atoms with E-state index in [-0.39, 0.29) is 17.3 Å². The van der Waals surface area contributed by atoms with Crippen LogP contribution in [-0.2, 0) is 0 Å². The highest BCUT2D eigenvalue weighted by Gasteiger charge is 2.31. The first-order valence-corrected chi connectivity index (χ1v) is 7.08. The minimum Gasteiger partial charge on any atom is -0.396 e. The maximum absolute atomic E-state index is 9.67. The fraction of sp³-hybridized carbons (Fsp3) is 0.692. The van der Waals surface area contributed by atoms with E-state index in [4.69, 9.17) is 17.3 Å². The summed E-state index contributed by atoms with van der Waals surface area (Å²) in [5.41, 5.74) is 7.08. The third-order valence-electron chi connectivity index (χ3n) is 3.99. The summed E-state index contributed by atoms with van der Waals surface area (Å²) in [6, 6.07) is 0. The van der Waals surface area contributed by atoms with Gasteiger partial charge in [0.05, 0.1) is 18.0 Å². The quantitative estimate of drug-likeness (QED) is 0.739. The standard InChI is InChI=1S/C13H21ClN4O/c1-9-10(15)11(18-12(14)17-9)16-7-13(8-19)5-3-2-4-6-13/h19H,2-8,15H2,1H3,(H,16,17,18). The van der Waals surface area contributed by atoms with Crippen molar-refractivity contribution in [1.29, 1.82) is 0 Å². The number of nitrogens with zero attached hydrogens (tertiary/aromatic N) is 2. The maximum Gasteiger partial charge on any atom is 0.224 e. The molecule has 19 heavy (non-hydrogen) atoms. The summed E-state index contributed by atoms with van der Waals surface area (Å²) in [7, 11) is 0. The molecule has 1 aliphatic rings. The van der Waals surface area contributed by atoms with E-state index in [9.17, 15) is 5.11 Å². The van der Waals surface area contributed by atoms with Crippen molar-refractivity contribution in [2.75, 3.05) is 24.2 Å². The van der Waals surface area contributed by atoms with Crippen molar-refractivity contribution < 1.29 is 5.11 Å². The molecule has 0 atom stereocenters. The minimum atomic E-state index is -0.0595. The van der Waals surface area contributed by atoms with Gasteiger partial charge >= 0.3 is 0 Å².